The van der Waals surface area contributed by atoms with Crippen LogP contribution in [0.4, 0.5) is 17.1 Å². The van der Waals surface area contributed by atoms with Crippen molar-refractivity contribution in [2.45, 2.75) is 22.0 Å². The van der Waals surface area contributed by atoms with Gasteiger partial charge in [-0.05, 0) is 67.4 Å². The number of rotatable bonds is 5. The molecule has 1 aromatic heterocycles. The maximum atomic E-state index is 12.6. The van der Waals surface area contributed by atoms with Gasteiger partial charge >= 0.3 is 0 Å². The van der Waals surface area contributed by atoms with E-state index < -0.39 is 0 Å². The number of fused-ring (bicyclic) bond motifs is 1. The van der Waals surface area contributed by atoms with Gasteiger partial charge in [0.2, 0.25) is 11.5 Å². The van der Waals surface area contributed by atoms with Gasteiger partial charge in [-0.3, -0.25) is 14.4 Å². The maximum absolute atomic E-state index is 12.6. The number of thioether (sulfide) groups is 1. The van der Waals surface area contributed by atoms with Crippen LogP contribution in [0.3, 0.4) is 0 Å². The fourth-order valence-electron chi connectivity index (χ4n) is 2.79. The number of nitrogens with one attached hydrogen (secondary N) is 4. The maximum Gasteiger partial charge on any atom is 0.255 e. The molecule has 152 valence electrons. The number of amides is 2. The van der Waals surface area contributed by atoms with Crippen LogP contribution in [0, 0.1) is 0 Å². The first-order valence-corrected chi connectivity index (χ1v) is 10.8. The highest BCUT2D eigenvalue weighted by molar-refractivity contribution is 8.01. The summed E-state index contributed by atoms with van der Waals surface area (Å²) in [5.41, 5.74) is 2.32. The number of pyridine rings is 1. The van der Waals surface area contributed by atoms with Gasteiger partial charge in [0.15, 0.2) is 0 Å². The smallest absolute Gasteiger partial charge is 0.255 e. The van der Waals surface area contributed by atoms with Crippen LogP contribution in [0.1, 0.15) is 17.3 Å². The Bertz CT molecular complexity index is 1160. The van der Waals surface area contributed by atoms with Gasteiger partial charge in [0.05, 0.1) is 16.6 Å². The lowest BCUT2D eigenvalue weighted by atomic mass is 10.1. The second kappa shape index (κ2) is 8.68. The summed E-state index contributed by atoms with van der Waals surface area (Å²) in [6.07, 6.45) is 1.58. The van der Waals surface area contributed by atoms with Crippen molar-refractivity contribution >= 4 is 52.6 Å². The van der Waals surface area contributed by atoms with Crippen molar-refractivity contribution in [3.8, 4) is 0 Å². The highest BCUT2D eigenvalue weighted by Gasteiger charge is 2.23. The van der Waals surface area contributed by atoms with Gasteiger partial charge in [-0.1, -0.05) is 0 Å². The molecule has 2 heterocycles. The Morgan fingerprint density at radius 2 is 1.83 bits per heavy atom. The molecule has 7 nitrogen and oxygen atoms in total. The van der Waals surface area contributed by atoms with Gasteiger partial charge < -0.3 is 20.3 Å². The van der Waals surface area contributed by atoms with Crippen LogP contribution in [-0.4, -0.2) is 22.0 Å². The summed E-state index contributed by atoms with van der Waals surface area (Å²) >= 11 is 2.84. The topological polar surface area (TPSA) is 103 Å². The molecule has 30 heavy (non-hydrogen) atoms. The zero-order chi connectivity index (χ0) is 21.1. The molecule has 2 amide bonds. The fraction of sp³-hybridized carbons (Fsp3) is 0.0952. The van der Waals surface area contributed by atoms with E-state index in [1.54, 1.807) is 36.5 Å². The van der Waals surface area contributed by atoms with Crippen LogP contribution in [0.15, 0.2) is 75.4 Å². The fourth-order valence-corrected chi connectivity index (χ4v) is 4.35. The number of H-pyrrole nitrogens is 1. The number of carbonyl (C=O) groups is 2. The van der Waals surface area contributed by atoms with Gasteiger partial charge in [0, 0.05) is 33.3 Å². The minimum Gasteiger partial charge on any atom is -0.329 e. The molecule has 0 spiro atoms. The molecule has 0 aliphatic carbocycles. The molecule has 0 fully saturated rings. The molecule has 2 aromatic carbocycles. The molecule has 1 unspecified atom stereocenters. The molecule has 1 aliphatic heterocycles. The minimum absolute atomic E-state index is 0.0631. The van der Waals surface area contributed by atoms with Crippen molar-refractivity contribution < 1.29 is 9.59 Å². The predicted molar refractivity (Wildman–Crippen MR) is 121 cm³/mol. The van der Waals surface area contributed by atoms with Crippen LogP contribution in [-0.2, 0) is 4.79 Å². The molecule has 4 N–H and O–H groups in total. The molecule has 3 aromatic rings. The highest BCUT2D eigenvalue weighted by Crippen LogP contribution is 2.36. The van der Waals surface area contributed by atoms with Crippen LogP contribution in [0.25, 0.3) is 0 Å². The minimum atomic E-state index is -0.252. The lowest BCUT2D eigenvalue weighted by Crippen LogP contribution is -2.26. The monoisotopic (exact) mass is 438 g/mol. The number of aromatic amines is 1. The Kier molecular flexibility index (Phi) is 5.82. The Balaban J connectivity index is 1.38. The van der Waals surface area contributed by atoms with Crippen molar-refractivity contribution in [2.75, 3.05) is 15.4 Å². The molecule has 1 aliphatic rings. The van der Waals surface area contributed by atoms with Crippen LogP contribution in [0.2, 0.25) is 0 Å². The summed E-state index contributed by atoms with van der Waals surface area (Å²) in [5, 5.41) is 5.55. The number of aromatic nitrogens is 1. The van der Waals surface area contributed by atoms with Gasteiger partial charge in [0.25, 0.3) is 5.91 Å². The van der Waals surface area contributed by atoms with Crippen molar-refractivity contribution in [1.29, 1.82) is 0 Å². The lowest BCUT2D eigenvalue weighted by Gasteiger charge is -2.21. The van der Waals surface area contributed by atoms with E-state index in [4.69, 9.17) is 0 Å². The third kappa shape index (κ3) is 4.69. The highest BCUT2D eigenvalue weighted by atomic mass is 32.2. The normalized spacial score (nSPS) is 15.1. The lowest BCUT2D eigenvalue weighted by molar-refractivity contribution is -0.115. The number of carbonyl (C=O) groups excluding carboxylic acids is 2. The molecule has 0 saturated carbocycles. The van der Waals surface area contributed by atoms with Gasteiger partial charge in [-0.2, -0.15) is 0 Å². The Morgan fingerprint density at radius 1 is 1.03 bits per heavy atom. The van der Waals surface area contributed by atoms with Gasteiger partial charge in [-0.25, -0.2) is 0 Å². The van der Waals surface area contributed by atoms with Crippen LogP contribution in [0.5, 0.6) is 0 Å². The van der Waals surface area contributed by atoms with E-state index in [2.05, 4.69) is 20.3 Å². The number of benzene rings is 2. The first kappa shape index (κ1) is 20.1. The molecule has 1 atom stereocenters. The van der Waals surface area contributed by atoms with E-state index in [0.29, 0.717) is 22.6 Å². The van der Waals surface area contributed by atoms with Crippen molar-refractivity contribution in [3.63, 3.8) is 0 Å². The first-order valence-electron chi connectivity index (χ1n) is 9.12. The average Bonchev–Trinajstić information content (AvgIpc) is 2.74. The largest absolute Gasteiger partial charge is 0.329 e. The molecule has 4 rings (SSSR count). The average molecular weight is 439 g/mol. The molecule has 9 heteroatoms. The van der Waals surface area contributed by atoms with E-state index in [-0.39, 0.29) is 22.6 Å². The van der Waals surface area contributed by atoms with Gasteiger partial charge in [0.1, 0.15) is 0 Å². The number of hydrogen-bond donors (Lipinski definition) is 4. The Hall–Kier alpha value is -3.17. The predicted octanol–water partition coefficient (Wildman–Crippen LogP) is 4.18. The standard InChI is InChI=1S/C21H18N4O3S2/c1-12-20(27)24-17-10-13(2-7-18(17)29-12)21(28)23-14-3-5-16(6-4-14)30-25-15-8-9-22-19(26)11-15/h2-12H,1H3,(H,23,28)(H,24,27)(H2,22,25,26). The molecule has 0 radical (unpaired) electrons. The Labute approximate surface area is 181 Å². The van der Waals surface area contributed by atoms with Crippen molar-refractivity contribution in [3.05, 3.63) is 76.7 Å². The summed E-state index contributed by atoms with van der Waals surface area (Å²) in [7, 11) is 0. The third-order valence-corrected chi connectivity index (χ3v) is 6.37. The molecular formula is C21H18N4O3S2. The first-order chi connectivity index (χ1) is 14.5. The van der Waals surface area contributed by atoms with Gasteiger partial charge in [-0.15, -0.1) is 11.8 Å². The van der Waals surface area contributed by atoms with E-state index in [9.17, 15) is 14.4 Å². The van der Waals surface area contributed by atoms with E-state index in [0.717, 1.165) is 9.79 Å². The van der Waals surface area contributed by atoms with E-state index in [1.165, 1.54) is 29.8 Å². The molecule has 0 bridgehead atoms. The van der Waals surface area contributed by atoms with E-state index in [1.807, 2.05) is 25.1 Å². The summed E-state index contributed by atoms with van der Waals surface area (Å²) < 4.78 is 3.10. The third-order valence-electron chi connectivity index (χ3n) is 4.35. The SMILES string of the molecule is CC1Sc2ccc(C(=O)Nc3ccc(SNc4cc[nH]c(=O)c4)cc3)cc2NC1=O. The summed E-state index contributed by atoms with van der Waals surface area (Å²) in [4.78, 5) is 40.2. The number of hydrogen-bond acceptors (Lipinski definition) is 6. The van der Waals surface area contributed by atoms with Crippen molar-refractivity contribution in [1.82, 2.24) is 4.98 Å². The van der Waals surface area contributed by atoms with Crippen LogP contribution < -0.4 is 20.9 Å². The van der Waals surface area contributed by atoms with Crippen LogP contribution >= 0.6 is 23.7 Å². The zero-order valence-electron chi connectivity index (χ0n) is 15.9. The molecule has 0 saturated heterocycles. The van der Waals surface area contributed by atoms with Crippen molar-refractivity contribution in [2.24, 2.45) is 0 Å². The second-order valence-corrected chi connectivity index (χ2v) is 8.85. The Morgan fingerprint density at radius 3 is 2.60 bits per heavy atom. The molecular weight excluding hydrogens is 420 g/mol. The zero-order valence-corrected chi connectivity index (χ0v) is 17.5. The summed E-state index contributed by atoms with van der Waals surface area (Å²) in [6.45, 7) is 1.85. The second-order valence-electron chi connectivity index (χ2n) is 6.58. The summed E-state index contributed by atoms with van der Waals surface area (Å²) in [5.74, 6) is -0.315. The quantitative estimate of drug-likeness (QED) is 0.446. The van der Waals surface area contributed by atoms with E-state index >= 15 is 0 Å². The summed E-state index contributed by atoms with van der Waals surface area (Å²) in [6, 6.07) is 15.9. The number of anilines is 3.